The van der Waals surface area contributed by atoms with E-state index in [9.17, 15) is 13.2 Å². The lowest BCUT2D eigenvalue weighted by atomic mass is 9.84. The molecule has 1 atom stereocenters. The van der Waals surface area contributed by atoms with Crippen molar-refractivity contribution in [2.24, 2.45) is 0 Å². The van der Waals surface area contributed by atoms with Crippen LogP contribution in [0.1, 0.15) is 43.8 Å². The van der Waals surface area contributed by atoms with Gasteiger partial charge in [-0.2, -0.15) is 18.2 Å². The largest absolute Gasteiger partial charge is 0.414 e. The molecule has 1 aromatic rings. The Labute approximate surface area is 114 Å². The first-order chi connectivity index (χ1) is 9.37. The van der Waals surface area contributed by atoms with E-state index in [0.29, 0.717) is 12.8 Å². The average molecular weight is 294 g/mol. The Morgan fingerprint density at radius 3 is 2.55 bits per heavy atom. The molecule has 20 heavy (non-hydrogen) atoms. The number of hydrogen-bond acceptors (Lipinski definition) is 5. The van der Waals surface area contributed by atoms with Crippen molar-refractivity contribution in [2.45, 2.75) is 56.4 Å². The normalized spacial score (nSPS) is 20.9. The first-order valence-corrected chi connectivity index (χ1v) is 6.50. The maximum absolute atomic E-state index is 12.3. The van der Waals surface area contributed by atoms with Crippen molar-refractivity contribution in [1.82, 2.24) is 10.1 Å². The lowest BCUT2D eigenvalue weighted by Gasteiger charge is -2.32. The van der Waals surface area contributed by atoms with E-state index in [1.54, 1.807) is 0 Å². The third-order valence-corrected chi connectivity index (χ3v) is 3.67. The van der Waals surface area contributed by atoms with Crippen LogP contribution < -0.4 is 0 Å². The number of alkyl halides is 3. The van der Waals surface area contributed by atoms with Gasteiger partial charge in [-0.05, 0) is 12.8 Å². The maximum atomic E-state index is 12.3. The molecule has 0 saturated heterocycles. The summed E-state index contributed by atoms with van der Waals surface area (Å²) in [5.41, 5.74) is -0.677. The van der Waals surface area contributed by atoms with Gasteiger partial charge in [0.25, 0.3) is 0 Å². The molecule has 1 unspecified atom stereocenters. The minimum Gasteiger partial charge on any atom is -0.383 e. The van der Waals surface area contributed by atoms with Crippen LogP contribution in [-0.4, -0.2) is 34.6 Å². The predicted molar refractivity (Wildman–Crippen MR) is 61.8 cm³/mol. The van der Waals surface area contributed by atoms with Gasteiger partial charge in [0.05, 0.1) is 6.42 Å². The van der Waals surface area contributed by atoms with E-state index in [0.717, 1.165) is 19.3 Å². The van der Waals surface area contributed by atoms with E-state index in [2.05, 4.69) is 10.1 Å². The van der Waals surface area contributed by atoms with E-state index in [1.165, 1.54) is 7.11 Å². The zero-order valence-electron chi connectivity index (χ0n) is 11.1. The van der Waals surface area contributed by atoms with E-state index in [-0.39, 0.29) is 11.7 Å². The van der Waals surface area contributed by atoms with Crippen LogP contribution in [0.15, 0.2) is 4.52 Å². The average Bonchev–Trinajstić information content (AvgIpc) is 2.87. The molecule has 1 fully saturated rings. The summed E-state index contributed by atoms with van der Waals surface area (Å²) < 4.78 is 47.1. The molecule has 0 bridgehead atoms. The second kappa shape index (κ2) is 5.69. The SMILES string of the molecule is COC1(c2noc(CC(O)C(F)(F)F)n2)CCCCC1. The summed E-state index contributed by atoms with van der Waals surface area (Å²) in [4.78, 5) is 3.97. The van der Waals surface area contributed by atoms with Gasteiger partial charge in [0.2, 0.25) is 11.7 Å². The molecule has 114 valence electrons. The van der Waals surface area contributed by atoms with E-state index in [4.69, 9.17) is 14.4 Å². The molecule has 5 nitrogen and oxygen atoms in total. The van der Waals surface area contributed by atoms with Crippen molar-refractivity contribution < 1.29 is 27.5 Å². The summed E-state index contributed by atoms with van der Waals surface area (Å²) in [6, 6.07) is 0. The number of aromatic nitrogens is 2. The van der Waals surface area contributed by atoms with Crippen LogP contribution in [0.2, 0.25) is 0 Å². The Morgan fingerprint density at radius 2 is 2.00 bits per heavy atom. The quantitative estimate of drug-likeness (QED) is 0.923. The van der Waals surface area contributed by atoms with E-state index >= 15 is 0 Å². The first kappa shape index (κ1) is 15.2. The van der Waals surface area contributed by atoms with Gasteiger partial charge in [-0.15, -0.1) is 0 Å². The molecule has 0 amide bonds. The van der Waals surface area contributed by atoms with Gasteiger partial charge in [0.1, 0.15) is 5.60 Å². The second-order valence-corrected chi connectivity index (χ2v) is 5.03. The molecule has 1 heterocycles. The fraction of sp³-hybridized carbons (Fsp3) is 0.833. The molecule has 0 aromatic carbocycles. The maximum Gasteiger partial charge on any atom is 0.414 e. The van der Waals surface area contributed by atoms with Crippen LogP contribution in [0, 0.1) is 0 Å². The molecule has 1 aliphatic carbocycles. The second-order valence-electron chi connectivity index (χ2n) is 5.03. The zero-order valence-corrected chi connectivity index (χ0v) is 11.1. The molecule has 0 aliphatic heterocycles. The van der Waals surface area contributed by atoms with Gasteiger partial charge in [0.15, 0.2) is 6.10 Å². The van der Waals surface area contributed by atoms with Crippen LogP contribution in [0.3, 0.4) is 0 Å². The Morgan fingerprint density at radius 1 is 1.35 bits per heavy atom. The van der Waals surface area contributed by atoms with Crippen molar-refractivity contribution in [3.05, 3.63) is 11.7 Å². The summed E-state index contributed by atoms with van der Waals surface area (Å²) in [6.07, 6.45) is -3.53. The third kappa shape index (κ3) is 3.12. The minimum absolute atomic E-state index is 0.230. The molecule has 2 rings (SSSR count). The Balaban J connectivity index is 2.11. The highest BCUT2D eigenvalue weighted by molar-refractivity contribution is 5.03. The number of ether oxygens (including phenoxy) is 1. The van der Waals surface area contributed by atoms with Crippen LogP contribution in [0.25, 0.3) is 0 Å². The Kier molecular flexibility index (Phi) is 4.33. The molecular formula is C12H17F3N2O3. The van der Waals surface area contributed by atoms with Crippen molar-refractivity contribution in [2.75, 3.05) is 7.11 Å². The van der Waals surface area contributed by atoms with E-state index < -0.39 is 24.3 Å². The molecule has 1 N–H and O–H groups in total. The van der Waals surface area contributed by atoms with Crippen molar-refractivity contribution >= 4 is 0 Å². The predicted octanol–water partition coefficient (Wildman–Crippen LogP) is 2.34. The summed E-state index contributed by atoms with van der Waals surface area (Å²) in [5, 5.41) is 12.7. The summed E-state index contributed by atoms with van der Waals surface area (Å²) in [7, 11) is 1.53. The summed E-state index contributed by atoms with van der Waals surface area (Å²) >= 11 is 0. The highest BCUT2D eigenvalue weighted by atomic mass is 19.4. The topological polar surface area (TPSA) is 68.4 Å². The molecule has 1 saturated carbocycles. The van der Waals surface area contributed by atoms with Crippen LogP contribution in [-0.2, 0) is 16.8 Å². The fourth-order valence-electron chi connectivity index (χ4n) is 2.45. The Bertz CT molecular complexity index is 441. The summed E-state index contributed by atoms with van der Waals surface area (Å²) in [5.74, 6) is 0.0379. The van der Waals surface area contributed by atoms with Crippen LogP contribution in [0.4, 0.5) is 13.2 Å². The zero-order chi connectivity index (χ0) is 14.8. The van der Waals surface area contributed by atoms with Crippen LogP contribution >= 0.6 is 0 Å². The molecule has 0 spiro atoms. The van der Waals surface area contributed by atoms with Crippen molar-refractivity contribution in [3.8, 4) is 0 Å². The lowest BCUT2D eigenvalue weighted by Crippen LogP contribution is -2.33. The number of nitrogens with zero attached hydrogens (tertiary/aromatic N) is 2. The third-order valence-electron chi connectivity index (χ3n) is 3.67. The van der Waals surface area contributed by atoms with Crippen LogP contribution in [0.5, 0.6) is 0 Å². The smallest absolute Gasteiger partial charge is 0.383 e. The van der Waals surface area contributed by atoms with Gasteiger partial charge in [-0.25, -0.2) is 0 Å². The number of rotatable bonds is 4. The minimum atomic E-state index is -4.70. The molecule has 8 heteroatoms. The summed E-state index contributed by atoms with van der Waals surface area (Å²) in [6.45, 7) is 0. The van der Waals surface area contributed by atoms with E-state index in [1.807, 2.05) is 0 Å². The fourth-order valence-corrected chi connectivity index (χ4v) is 2.45. The standard InChI is InChI=1S/C12H17F3N2O3/c1-19-11(5-3-2-4-6-11)10-16-9(20-17-10)7-8(18)12(13,14)15/h8,18H,2-7H2,1H3. The molecule has 1 aromatic heterocycles. The van der Waals surface area contributed by atoms with Gasteiger partial charge in [-0.3, -0.25) is 0 Å². The number of hydrogen-bond donors (Lipinski definition) is 1. The highest BCUT2D eigenvalue weighted by Gasteiger charge is 2.41. The van der Waals surface area contributed by atoms with Gasteiger partial charge >= 0.3 is 6.18 Å². The van der Waals surface area contributed by atoms with Gasteiger partial charge in [-0.1, -0.05) is 24.4 Å². The van der Waals surface area contributed by atoms with Crippen molar-refractivity contribution in [3.63, 3.8) is 0 Å². The van der Waals surface area contributed by atoms with Gasteiger partial charge in [0, 0.05) is 7.11 Å². The number of halogens is 3. The number of methoxy groups -OCH3 is 1. The number of aliphatic hydroxyl groups is 1. The lowest BCUT2D eigenvalue weighted by molar-refractivity contribution is -0.204. The van der Waals surface area contributed by atoms with Gasteiger partial charge < -0.3 is 14.4 Å². The Hall–Kier alpha value is -1.15. The first-order valence-electron chi connectivity index (χ1n) is 6.50. The van der Waals surface area contributed by atoms with Crippen molar-refractivity contribution in [1.29, 1.82) is 0 Å². The monoisotopic (exact) mass is 294 g/mol. The molecule has 0 radical (unpaired) electrons. The highest BCUT2D eigenvalue weighted by Crippen LogP contribution is 2.38. The molecular weight excluding hydrogens is 277 g/mol. The number of aliphatic hydroxyl groups excluding tert-OH is 1. The molecule has 1 aliphatic rings.